The fourth-order valence-electron chi connectivity index (χ4n) is 5.27. The molecule has 8 heteroatoms. The summed E-state index contributed by atoms with van der Waals surface area (Å²) in [6.45, 7) is 1.63. The van der Waals surface area contributed by atoms with Gasteiger partial charge in [-0.3, -0.25) is 14.4 Å². The Hall–Kier alpha value is -5.18. The summed E-state index contributed by atoms with van der Waals surface area (Å²) in [5, 5.41) is 6.37. The highest BCUT2D eigenvalue weighted by molar-refractivity contribution is 7.92. The molecule has 1 amide bonds. The van der Waals surface area contributed by atoms with Gasteiger partial charge in [-0.1, -0.05) is 91.0 Å². The average molecular weight is 601 g/mol. The molecule has 0 aromatic heterocycles. The van der Waals surface area contributed by atoms with Gasteiger partial charge in [-0.2, -0.15) is 0 Å². The number of sulfonamides is 1. The molecule has 0 unspecified atom stereocenters. The molecule has 3 N–H and O–H groups in total. The lowest BCUT2D eigenvalue weighted by Crippen LogP contribution is -2.17. The Kier molecular flexibility index (Phi) is 8.27. The number of benzene rings is 5. The Balaban J connectivity index is 1.31. The molecule has 1 heterocycles. The molecule has 44 heavy (non-hydrogen) atoms. The van der Waals surface area contributed by atoms with E-state index in [-0.39, 0.29) is 10.8 Å². The summed E-state index contributed by atoms with van der Waals surface area (Å²) in [7, 11) is -1.80. The lowest BCUT2D eigenvalue weighted by molar-refractivity contribution is -0.110. The average Bonchev–Trinajstić information content (AvgIpc) is 3.36. The van der Waals surface area contributed by atoms with Gasteiger partial charge in [0, 0.05) is 35.7 Å². The number of anilines is 3. The van der Waals surface area contributed by atoms with Crippen molar-refractivity contribution in [2.45, 2.75) is 18.0 Å². The van der Waals surface area contributed by atoms with Gasteiger partial charge in [-0.05, 0) is 66.2 Å². The number of para-hydroxylation sites is 1. The monoisotopic (exact) mass is 600 g/mol. The quantitative estimate of drug-likeness (QED) is 0.150. The van der Waals surface area contributed by atoms with Crippen molar-refractivity contribution >= 4 is 44.3 Å². The molecule has 5 aromatic carbocycles. The number of nitrogens with one attached hydrogen (secondary N) is 3. The van der Waals surface area contributed by atoms with Crippen LogP contribution in [0.4, 0.5) is 17.1 Å². The number of carbonyl (C=O) groups is 1. The maximum absolute atomic E-state index is 13.4. The van der Waals surface area contributed by atoms with Gasteiger partial charge in [-0.15, -0.1) is 0 Å². The molecule has 6 rings (SSSR count). The third-order valence-electron chi connectivity index (χ3n) is 7.36. The van der Waals surface area contributed by atoms with Crippen molar-refractivity contribution in [2.75, 3.05) is 22.4 Å². The Bertz CT molecular complexity index is 1910. The van der Waals surface area contributed by atoms with Gasteiger partial charge in [0.15, 0.2) is 0 Å². The predicted molar refractivity (Wildman–Crippen MR) is 177 cm³/mol. The summed E-state index contributed by atoms with van der Waals surface area (Å²) >= 11 is 0. The molecule has 1 aliphatic rings. The van der Waals surface area contributed by atoms with Crippen LogP contribution in [0, 0.1) is 0 Å². The van der Waals surface area contributed by atoms with Gasteiger partial charge in [0.25, 0.3) is 15.9 Å². The van der Waals surface area contributed by atoms with E-state index in [1.54, 1.807) is 36.4 Å². The van der Waals surface area contributed by atoms with Gasteiger partial charge in [0.1, 0.15) is 0 Å². The third kappa shape index (κ3) is 6.57. The van der Waals surface area contributed by atoms with E-state index in [1.165, 1.54) is 11.6 Å². The van der Waals surface area contributed by atoms with Gasteiger partial charge < -0.3 is 10.6 Å². The second-order valence-corrected chi connectivity index (χ2v) is 12.4. The van der Waals surface area contributed by atoms with E-state index < -0.39 is 10.0 Å². The van der Waals surface area contributed by atoms with Gasteiger partial charge in [0.2, 0.25) is 0 Å². The van der Waals surface area contributed by atoms with E-state index in [0.29, 0.717) is 28.2 Å². The van der Waals surface area contributed by atoms with Crippen molar-refractivity contribution in [3.63, 3.8) is 0 Å². The minimum Gasteiger partial charge on any atom is -0.354 e. The summed E-state index contributed by atoms with van der Waals surface area (Å²) in [5.74, 6) is -0.309. The molecule has 0 saturated heterocycles. The first-order valence-corrected chi connectivity index (χ1v) is 15.8. The SMILES string of the molecule is CN(Cc1ccccc1)Cc1ccc(NC(=C2C(=O)Nc3ccc(S(=O)(=O)Nc4ccccc4)cc32)c2ccccc2)cc1. The predicted octanol–water partition coefficient (Wildman–Crippen LogP) is 7.05. The first kappa shape index (κ1) is 28.9. The van der Waals surface area contributed by atoms with Crippen molar-refractivity contribution in [3.05, 3.63) is 156 Å². The van der Waals surface area contributed by atoms with Crippen molar-refractivity contribution in [3.8, 4) is 0 Å². The van der Waals surface area contributed by atoms with Crippen LogP contribution in [0.25, 0.3) is 11.3 Å². The number of amides is 1. The third-order valence-corrected chi connectivity index (χ3v) is 8.73. The minimum absolute atomic E-state index is 0.0606. The van der Waals surface area contributed by atoms with Crippen LogP contribution in [-0.2, 0) is 27.9 Å². The number of carbonyl (C=O) groups excluding carboxylic acids is 1. The molecular formula is C36H32N4O3S. The van der Waals surface area contributed by atoms with Crippen LogP contribution >= 0.6 is 0 Å². The molecule has 5 aromatic rings. The molecule has 7 nitrogen and oxygen atoms in total. The summed E-state index contributed by atoms with van der Waals surface area (Å²) in [6, 6.07) is 41.4. The highest BCUT2D eigenvalue weighted by Crippen LogP contribution is 2.39. The van der Waals surface area contributed by atoms with E-state index in [4.69, 9.17) is 0 Å². The molecule has 0 fully saturated rings. The van der Waals surface area contributed by atoms with Gasteiger partial charge >= 0.3 is 0 Å². The lowest BCUT2D eigenvalue weighted by atomic mass is 10.00. The Morgan fingerprint density at radius 3 is 1.95 bits per heavy atom. The van der Waals surface area contributed by atoms with Crippen LogP contribution in [0.1, 0.15) is 22.3 Å². The normalized spacial score (nSPS) is 13.7. The highest BCUT2D eigenvalue weighted by atomic mass is 32.2. The summed E-state index contributed by atoms with van der Waals surface area (Å²) in [6.07, 6.45) is 0. The molecule has 0 saturated carbocycles. The fourth-order valence-corrected chi connectivity index (χ4v) is 6.35. The molecule has 0 bridgehead atoms. The van der Waals surface area contributed by atoms with Crippen molar-refractivity contribution in [1.82, 2.24) is 4.90 Å². The number of nitrogens with zero attached hydrogens (tertiary/aromatic N) is 1. The molecule has 0 atom stereocenters. The highest BCUT2D eigenvalue weighted by Gasteiger charge is 2.30. The summed E-state index contributed by atoms with van der Waals surface area (Å²) in [4.78, 5) is 15.8. The second kappa shape index (κ2) is 12.6. The van der Waals surface area contributed by atoms with E-state index >= 15 is 0 Å². The second-order valence-electron chi connectivity index (χ2n) is 10.7. The zero-order chi connectivity index (χ0) is 30.5. The standard InChI is InChI=1S/C36H32N4O3S/c1-40(24-26-11-5-2-6-12-26)25-27-17-19-29(20-18-27)37-35(28-13-7-3-8-14-28)34-32-23-31(21-22-33(32)38-36(34)41)44(42,43)39-30-15-9-4-10-16-30/h2-23,37,39H,24-25H2,1H3,(H,38,41). The van der Waals surface area contributed by atoms with E-state index in [1.807, 2.05) is 66.7 Å². The Labute approximate surface area is 257 Å². The molecule has 0 radical (unpaired) electrons. The first-order chi connectivity index (χ1) is 21.4. The molecule has 220 valence electrons. The maximum Gasteiger partial charge on any atom is 0.261 e. The van der Waals surface area contributed by atoms with Crippen LogP contribution < -0.4 is 15.4 Å². The van der Waals surface area contributed by atoms with Crippen LogP contribution in [0.15, 0.2) is 138 Å². The van der Waals surface area contributed by atoms with E-state index in [9.17, 15) is 13.2 Å². The van der Waals surface area contributed by atoms with E-state index in [2.05, 4.69) is 51.6 Å². The fraction of sp³-hybridized carbons (Fsp3) is 0.0833. The molecular weight excluding hydrogens is 568 g/mol. The lowest BCUT2D eigenvalue weighted by Gasteiger charge is -2.18. The minimum atomic E-state index is -3.90. The Morgan fingerprint density at radius 2 is 1.30 bits per heavy atom. The molecule has 1 aliphatic heterocycles. The van der Waals surface area contributed by atoms with Crippen LogP contribution in [0.5, 0.6) is 0 Å². The van der Waals surface area contributed by atoms with Crippen molar-refractivity contribution in [2.24, 2.45) is 0 Å². The summed E-state index contributed by atoms with van der Waals surface area (Å²) < 4.78 is 29.2. The van der Waals surface area contributed by atoms with Gasteiger partial charge in [0.05, 0.1) is 16.2 Å². The molecule has 0 aliphatic carbocycles. The van der Waals surface area contributed by atoms with E-state index in [0.717, 1.165) is 29.9 Å². The van der Waals surface area contributed by atoms with Crippen LogP contribution in [0.3, 0.4) is 0 Å². The number of hydrogen-bond donors (Lipinski definition) is 3. The summed E-state index contributed by atoms with van der Waals surface area (Å²) in [5.41, 5.74) is 6.50. The smallest absolute Gasteiger partial charge is 0.261 e. The maximum atomic E-state index is 13.4. The van der Waals surface area contributed by atoms with Crippen LogP contribution in [0.2, 0.25) is 0 Å². The van der Waals surface area contributed by atoms with Crippen molar-refractivity contribution in [1.29, 1.82) is 0 Å². The Morgan fingerprint density at radius 1 is 0.705 bits per heavy atom. The van der Waals surface area contributed by atoms with Crippen LogP contribution in [-0.4, -0.2) is 26.3 Å². The van der Waals surface area contributed by atoms with Gasteiger partial charge in [-0.25, -0.2) is 8.42 Å². The number of hydrogen-bond acceptors (Lipinski definition) is 5. The zero-order valence-corrected chi connectivity index (χ0v) is 25.0. The number of rotatable bonds is 10. The largest absolute Gasteiger partial charge is 0.354 e. The number of fused-ring (bicyclic) bond motifs is 1. The van der Waals surface area contributed by atoms with Crippen molar-refractivity contribution < 1.29 is 13.2 Å². The zero-order valence-electron chi connectivity index (χ0n) is 24.2. The topological polar surface area (TPSA) is 90.5 Å². The molecule has 0 spiro atoms. The first-order valence-electron chi connectivity index (χ1n) is 14.3.